The van der Waals surface area contributed by atoms with Crippen molar-refractivity contribution in [3.63, 3.8) is 0 Å². The van der Waals surface area contributed by atoms with E-state index in [4.69, 9.17) is 14.2 Å². The highest BCUT2D eigenvalue weighted by molar-refractivity contribution is 5.95. The molecule has 0 unspecified atom stereocenters. The minimum absolute atomic E-state index is 0.0264. The zero-order valence-corrected chi connectivity index (χ0v) is 20.3. The number of carbonyl (C=O) groups is 1. The average Bonchev–Trinajstić information content (AvgIpc) is 3.33. The number of nitrogens with one attached hydrogen (secondary N) is 1. The monoisotopic (exact) mass is 501 g/mol. The van der Waals surface area contributed by atoms with E-state index in [0.717, 1.165) is 16.5 Å². The van der Waals surface area contributed by atoms with Crippen LogP contribution in [0.5, 0.6) is 11.5 Å². The number of amides is 1. The summed E-state index contributed by atoms with van der Waals surface area (Å²) in [6.07, 6.45) is 3.49. The van der Waals surface area contributed by atoms with Gasteiger partial charge in [-0.05, 0) is 53.6 Å². The van der Waals surface area contributed by atoms with Crippen molar-refractivity contribution in [3.05, 3.63) is 84.2 Å². The van der Waals surface area contributed by atoms with E-state index >= 15 is 0 Å². The number of aromatic nitrogens is 4. The minimum atomic E-state index is -0.610. The number of carbonyl (C=O) groups excluding carboxylic acids is 1. The van der Waals surface area contributed by atoms with E-state index in [1.807, 2.05) is 30.5 Å². The topological polar surface area (TPSA) is 99.9 Å². The van der Waals surface area contributed by atoms with Crippen LogP contribution in [0.25, 0.3) is 27.7 Å². The molecule has 0 aliphatic heterocycles. The molecule has 0 radical (unpaired) electrons. The Morgan fingerprint density at radius 3 is 2.70 bits per heavy atom. The molecule has 188 valence electrons. The van der Waals surface area contributed by atoms with Crippen LogP contribution in [-0.4, -0.2) is 52.9 Å². The Kier molecular flexibility index (Phi) is 6.91. The molecule has 0 bridgehead atoms. The Morgan fingerprint density at radius 2 is 1.89 bits per heavy atom. The predicted molar refractivity (Wildman–Crippen MR) is 135 cm³/mol. The van der Waals surface area contributed by atoms with Gasteiger partial charge in [-0.25, -0.2) is 4.39 Å². The zero-order valence-electron chi connectivity index (χ0n) is 20.3. The van der Waals surface area contributed by atoms with Gasteiger partial charge in [0.15, 0.2) is 11.5 Å². The van der Waals surface area contributed by atoms with Gasteiger partial charge in [-0.1, -0.05) is 6.07 Å². The summed E-state index contributed by atoms with van der Waals surface area (Å²) in [5, 5.41) is 11.9. The number of ether oxygens (including phenoxy) is 3. The second kappa shape index (κ2) is 10.6. The van der Waals surface area contributed by atoms with Crippen molar-refractivity contribution >= 4 is 22.5 Å². The van der Waals surface area contributed by atoms with Crippen LogP contribution < -0.4 is 14.8 Å². The highest BCUT2D eigenvalue weighted by Crippen LogP contribution is 2.28. The number of fused-ring (bicyclic) bond motifs is 2. The van der Waals surface area contributed by atoms with Crippen LogP contribution >= 0.6 is 0 Å². The summed E-state index contributed by atoms with van der Waals surface area (Å²) in [5.74, 6) is 0.842. The third-order valence-corrected chi connectivity index (χ3v) is 5.88. The van der Waals surface area contributed by atoms with Gasteiger partial charge in [-0.15, -0.1) is 10.2 Å². The lowest BCUT2D eigenvalue weighted by atomic mass is 10.0. The predicted octanol–water partition coefficient (Wildman–Crippen LogP) is 4.05. The van der Waals surface area contributed by atoms with Gasteiger partial charge >= 0.3 is 0 Å². The van der Waals surface area contributed by atoms with Crippen LogP contribution in [-0.2, 0) is 11.3 Å². The fourth-order valence-corrected chi connectivity index (χ4v) is 3.94. The maximum Gasteiger partial charge on any atom is 0.254 e. The summed E-state index contributed by atoms with van der Waals surface area (Å²) in [5.41, 5.74) is 2.70. The summed E-state index contributed by atoms with van der Waals surface area (Å²) < 4.78 is 32.8. The SMILES string of the molecule is COCCNC(=O)c1ccc(-c2ccc3nnc(COc4ccnc5cc(OC)ccc45)n3c2)cc1F. The molecule has 37 heavy (non-hydrogen) atoms. The molecule has 0 spiro atoms. The quantitative estimate of drug-likeness (QED) is 0.304. The molecule has 5 rings (SSSR count). The summed E-state index contributed by atoms with van der Waals surface area (Å²) in [6.45, 7) is 0.808. The molecule has 0 aliphatic rings. The van der Waals surface area contributed by atoms with Crippen LogP contribution in [0.2, 0.25) is 0 Å². The number of methoxy groups -OCH3 is 2. The molecule has 1 N–H and O–H groups in total. The Balaban J connectivity index is 1.37. The van der Waals surface area contributed by atoms with Crippen molar-refractivity contribution in [3.8, 4) is 22.6 Å². The Labute approximate surface area is 211 Å². The van der Waals surface area contributed by atoms with Gasteiger partial charge < -0.3 is 19.5 Å². The molecule has 9 nitrogen and oxygen atoms in total. The largest absolute Gasteiger partial charge is 0.497 e. The first-order valence-electron chi connectivity index (χ1n) is 11.5. The molecule has 0 saturated heterocycles. The molecule has 3 aromatic heterocycles. The van der Waals surface area contributed by atoms with Crippen molar-refractivity contribution < 1.29 is 23.4 Å². The standard InChI is InChI=1S/C27H24FN5O4/c1-35-12-11-30-27(34)20-6-3-17(13-22(20)28)18-4-8-25-31-32-26(33(25)15-18)16-37-24-9-10-29-23-14-19(36-2)5-7-21(23)24/h3-10,13-15H,11-12,16H2,1-2H3,(H,30,34). The third kappa shape index (κ3) is 5.05. The second-order valence-corrected chi connectivity index (χ2v) is 8.19. The van der Waals surface area contributed by atoms with Gasteiger partial charge in [0.1, 0.15) is 23.9 Å². The van der Waals surface area contributed by atoms with E-state index in [0.29, 0.717) is 41.7 Å². The zero-order chi connectivity index (χ0) is 25.8. The molecular formula is C27H24FN5O4. The minimum Gasteiger partial charge on any atom is -0.497 e. The first-order valence-corrected chi connectivity index (χ1v) is 11.5. The van der Waals surface area contributed by atoms with Gasteiger partial charge in [0.05, 0.1) is 24.8 Å². The Hall–Kier alpha value is -4.57. The highest BCUT2D eigenvalue weighted by atomic mass is 19.1. The molecule has 5 aromatic rings. The molecule has 0 atom stereocenters. The van der Waals surface area contributed by atoms with Gasteiger partial charge in [-0.3, -0.25) is 14.2 Å². The number of benzene rings is 2. The first kappa shape index (κ1) is 24.1. The molecule has 2 aromatic carbocycles. The highest BCUT2D eigenvalue weighted by Gasteiger charge is 2.14. The number of nitrogens with zero attached hydrogens (tertiary/aromatic N) is 4. The normalized spacial score (nSPS) is 11.1. The summed E-state index contributed by atoms with van der Waals surface area (Å²) in [7, 11) is 3.14. The third-order valence-electron chi connectivity index (χ3n) is 5.88. The molecule has 0 aliphatic carbocycles. The van der Waals surface area contributed by atoms with E-state index in [2.05, 4.69) is 20.5 Å². The number of hydrogen-bond donors (Lipinski definition) is 1. The van der Waals surface area contributed by atoms with E-state index in [-0.39, 0.29) is 12.2 Å². The van der Waals surface area contributed by atoms with Crippen LogP contribution in [0.3, 0.4) is 0 Å². The molecule has 0 fully saturated rings. The maximum absolute atomic E-state index is 14.8. The fourth-order valence-electron chi connectivity index (χ4n) is 3.94. The van der Waals surface area contributed by atoms with Gasteiger partial charge in [0.2, 0.25) is 0 Å². The van der Waals surface area contributed by atoms with Gasteiger partial charge in [0, 0.05) is 37.5 Å². The average molecular weight is 502 g/mol. The van der Waals surface area contributed by atoms with Crippen LogP contribution in [0, 0.1) is 5.82 Å². The lowest BCUT2D eigenvalue weighted by molar-refractivity contribution is 0.0933. The Bertz CT molecular complexity index is 1590. The van der Waals surface area contributed by atoms with Crippen molar-refractivity contribution in [1.29, 1.82) is 0 Å². The lowest BCUT2D eigenvalue weighted by Gasteiger charge is -2.10. The second-order valence-electron chi connectivity index (χ2n) is 8.19. The van der Waals surface area contributed by atoms with Gasteiger partial charge in [0.25, 0.3) is 5.91 Å². The van der Waals surface area contributed by atoms with Gasteiger partial charge in [-0.2, -0.15) is 0 Å². The maximum atomic E-state index is 14.8. The number of hydrogen-bond acceptors (Lipinski definition) is 7. The molecule has 1 amide bonds. The van der Waals surface area contributed by atoms with Crippen molar-refractivity contribution in [1.82, 2.24) is 24.9 Å². The fraction of sp³-hybridized carbons (Fsp3) is 0.185. The van der Waals surface area contributed by atoms with Crippen LogP contribution in [0.15, 0.2) is 67.0 Å². The van der Waals surface area contributed by atoms with E-state index in [9.17, 15) is 9.18 Å². The molecule has 0 saturated carbocycles. The number of pyridine rings is 2. The van der Waals surface area contributed by atoms with E-state index in [1.54, 1.807) is 35.9 Å². The van der Waals surface area contributed by atoms with Crippen molar-refractivity contribution in [2.45, 2.75) is 6.61 Å². The van der Waals surface area contributed by atoms with E-state index < -0.39 is 11.7 Å². The van der Waals surface area contributed by atoms with Crippen molar-refractivity contribution in [2.24, 2.45) is 0 Å². The van der Waals surface area contributed by atoms with Crippen LogP contribution in [0.4, 0.5) is 4.39 Å². The summed E-state index contributed by atoms with van der Waals surface area (Å²) in [6, 6.07) is 15.5. The van der Waals surface area contributed by atoms with E-state index in [1.165, 1.54) is 19.2 Å². The molecular weight excluding hydrogens is 477 g/mol. The smallest absolute Gasteiger partial charge is 0.254 e. The van der Waals surface area contributed by atoms with Crippen molar-refractivity contribution in [2.75, 3.05) is 27.4 Å². The number of halogens is 1. The summed E-state index contributed by atoms with van der Waals surface area (Å²) >= 11 is 0. The molecule has 10 heteroatoms. The lowest BCUT2D eigenvalue weighted by Crippen LogP contribution is -2.27. The van der Waals surface area contributed by atoms with Crippen LogP contribution in [0.1, 0.15) is 16.2 Å². The Morgan fingerprint density at radius 1 is 1.03 bits per heavy atom. The summed E-state index contributed by atoms with van der Waals surface area (Å²) in [4.78, 5) is 16.6. The number of rotatable bonds is 9. The molecule has 3 heterocycles. The first-order chi connectivity index (χ1) is 18.1.